The van der Waals surface area contributed by atoms with Crippen molar-refractivity contribution in [1.82, 2.24) is 14.8 Å². The fraction of sp³-hybridized carbons (Fsp3) is 0.300. The molecule has 0 atom stereocenters. The Morgan fingerprint density at radius 3 is 2.45 bits per heavy atom. The Balaban J connectivity index is 1.15. The number of carboxylic acid groups (broad SMARTS) is 1. The largest absolute Gasteiger partial charge is 0.493 e. The first kappa shape index (κ1) is 32.3. The third kappa shape index (κ3) is 6.58. The van der Waals surface area contributed by atoms with Gasteiger partial charge in [0.25, 0.3) is 0 Å². The minimum absolute atomic E-state index is 0.170. The number of H-pyrrole nitrogens is 1. The van der Waals surface area contributed by atoms with Crippen LogP contribution in [0.2, 0.25) is 0 Å². The van der Waals surface area contributed by atoms with Crippen LogP contribution in [0.3, 0.4) is 0 Å². The number of hydrogen-bond acceptors (Lipinski definition) is 6. The summed E-state index contributed by atoms with van der Waals surface area (Å²) in [6, 6.07) is 28.4. The van der Waals surface area contributed by atoms with Gasteiger partial charge in [-0.3, -0.25) is 4.68 Å². The average molecular weight is 659 g/mol. The molecule has 0 aliphatic carbocycles. The summed E-state index contributed by atoms with van der Waals surface area (Å²) >= 11 is 0. The van der Waals surface area contributed by atoms with Crippen LogP contribution < -0.4 is 14.4 Å². The van der Waals surface area contributed by atoms with Crippen LogP contribution in [0.4, 0.5) is 5.69 Å². The smallest absolute Gasteiger partial charge is 0.352 e. The molecule has 9 nitrogen and oxygen atoms in total. The van der Waals surface area contributed by atoms with Crippen LogP contribution in [0.25, 0.3) is 32.8 Å². The van der Waals surface area contributed by atoms with E-state index in [9.17, 15) is 9.90 Å². The number of morpholine rings is 1. The molecule has 7 rings (SSSR count). The van der Waals surface area contributed by atoms with Gasteiger partial charge >= 0.3 is 5.97 Å². The molecule has 252 valence electrons. The summed E-state index contributed by atoms with van der Waals surface area (Å²) in [5, 5.41) is 18.3. The highest BCUT2D eigenvalue weighted by atomic mass is 16.5. The van der Waals surface area contributed by atoms with E-state index in [1.807, 2.05) is 66.3 Å². The van der Waals surface area contributed by atoms with Crippen molar-refractivity contribution < 1.29 is 24.1 Å². The Hall–Kier alpha value is -5.28. The van der Waals surface area contributed by atoms with E-state index in [2.05, 4.69) is 54.1 Å². The summed E-state index contributed by atoms with van der Waals surface area (Å²) in [5.74, 6) is 0.785. The van der Waals surface area contributed by atoms with Crippen LogP contribution in [-0.2, 0) is 24.8 Å². The van der Waals surface area contributed by atoms with Crippen molar-refractivity contribution in [2.75, 3.05) is 37.8 Å². The van der Waals surface area contributed by atoms with Gasteiger partial charge in [-0.1, -0.05) is 68.4 Å². The molecule has 2 aromatic heterocycles. The second-order valence-electron chi connectivity index (χ2n) is 12.8. The van der Waals surface area contributed by atoms with Crippen molar-refractivity contribution in [2.24, 2.45) is 7.05 Å². The highest BCUT2D eigenvalue weighted by Gasteiger charge is 2.25. The Kier molecular flexibility index (Phi) is 9.26. The number of nitrogens with one attached hydrogen (secondary N) is 1. The predicted molar refractivity (Wildman–Crippen MR) is 193 cm³/mol. The summed E-state index contributed by atoms with van der Waals surface area (Å²) in [4.78, 5) is 18.2. The van der Waals surface area contributed by atoms with Crippen molar-refractivity contribution in [3.05, 3.63) is 108 Å². The molecule has 1 saturated heterocycles. The molecular weight excluding hydrogens is 616 g/mol. The normalized spacial score (nSPS) is 13.4. The molecule has 3 heterocycles. The monoisotopic (exact) mass is 658 g/mol. The Morgan fingerprint density at radius 1 is 0.939 bits per heavy atom. The lowest BCUT2D eigenvalue weighted by molar-refractivity contribution is 0.0690. The molecule has 0 bridgehead atoms. The SMILES string of the molecule is CC(C)c1c(-c2cccc3c(CCCOc4cccc5ccccc45)c(C(=O)O)[nH]c23)c(COc2ccc(N3CCOCC3)cc2)nn1C. The topological polar surface area (TPSA) is 102 Å². The Labute approximate surface area is 286 Å². The number of aromatic nitrogens is 3. The first-order valence-electron chi connectivity index (χ1n) is 17.0. The number of fused-ring (bicyclic) bond motifs is 2. The molecule has 49 heavy (non-hydrogen) atoms. The zero-order valence-corrected chi connectivity index (χ0v) is 28.2. The molecule has 6 aromatic rings. The molecule has 1 aliphatic rings. The first-order valence-corrected chi connectivity index (χ1v) is 17.0. The average Bonchev–Trinajstić information content (AvgIpc) is 3.67. The highest BCUT2D eigenvalue weighted by molar-refractivity contribution is 6.03. The number of aromatic amines is 1. The lowest BCUT2D eigenvalue weighted by Gasteiger charge is -2.28. The van der Waals surface area contributed by atoms with E-state index in [-0.39, 0.29) is 18.2 Å². The summed E-state index contributed by atoms with van der Waals surface area (Å²) < 4.78 is 19.9. The van der Waals surface area contributed by atoms with Crippen LogP contribution in [-0.4, -0.2) is 58.8 Å². The summed E-state index contributed by atoms with van der Waals surface area (Å²) in [6.07, 6.45) is 1.21. The molecule has 9 heteroatoms. The minimum atomic E-state index is -0.980. The van der Waals surface area contributed by atoms with E-state index in [1.165, 1.54) is 0 Å². The fourth-order valence-electron chi connectivity index (χ4n) is 7.05. The molecule has 0 radical (unpaired) electrons. The second kappa shape index (κ2) is 14.1. The van der Waals surface area contributed by atoms with E-state index < -0.39 is 5.97 Å². The highest BCUT2D eigenvalue weighted by Crippen LogP contribution is 2.39. The third-order valence-corrected chi connectivity index (χ3v) is 9.30. The zero-order valence-electron chi connectivity index (χ0n) is 28.2. The van der Waals surface area contributed by atoms with Crippen LogP contribution in [0, 0.1) is 0 Å². The van der Waals surface area contributed by atoms with Gasteiger partial charge in [0.05, 0.1) is 25.3 Å². The molecule has 1 fully saturated rings. The lowest BCUT2D eigenvalue weighted by Crippen LogP contribution is -2.36. The van der Waals surface area contributed by atoms with E-state index in [0.29, 0.717) is 19.4 Å². The number of aromatic carboxylic acids is 1. The van der Waals surface area contributed by atoms with E-state index >= 15 is 0 Å². The number of ether oxygens (including phenoxy) is 3. The summed E-state index contributed by atoms with van der Waals surface area (Å²) in [7, 11) is 1.96. The van der Waals surface area contributed by atoms with Crippen LogP contribution in [0.1, 0.15) is 53.6 Å². The number of carbonyl (C=O) groups is 1. The van der Waals surface area contributed by atoms with Crippen molar-refractivity contribution in [3.63, 3.8) is 0 Å². The van der Waals surface area contributed by atoms with E-state index in [4.69, 9.17) is 19.3 Å². The number of rotatable bonds is 12. The maximum atomic E-state index is 12.6. The number of hydrogen-bond donors (Lipinski definition) is 2. The first-order chi connectivity index (χ1) is 23.9. The number of para-hydroxylation sites is 1. The van der Waals surface area contributed by atoms with Gasteiger partial charge in [0.1, 0.15) is 29.5 Å². The maximum Gasteiger partial charge on any atom is 0.352 e. The fourth-order valence-corrected chi connectivity index (χ4v) is 7.05. The van der Waals surface area contributed by atoms with Crippen molar-refractivity contribution in [1.29, 1.82) is 0 Å². The Morgan fingerprint density at radius 2 is 1.67 bits per heavy atom. The Bertz CT molecular complexity index is 2080. The number of benzene rings is 4. The molecule has 2 N–H and O–H groups in total. The van der Waals surface area contributed by atoms with Gasteiger partial charge in [-0.25, -0.2) is 4.79 Å². The molecule has 0 saturated carbocycles. The van der Waals surface area contributed by atoms with Crippen LogP contribution in [0.5, 0.6) is 11.5 Å². The molecule has 4 aromatic carbocycles. The molecule has 1 aliphatic heterocycles. The lowest BCUT2D eigenvalue weighted by atomic mass is 9.94. The standard InChI is InChI=1S/C40H42N4O5/c1-26(2)39-36(34(42-43(39)3)25-49-29-18-16-28(17-19-29)44-20-23-47-24-21-44)33-13-7-12-31-32(38(40(45)46)41-37(31)33)14-8-22-48-35-15-6-10-27-9-4-5-11-30(27)35/h4-7,9-13,15-19,26,41H,8,14,20-25H2,1-3H3,(H,45,46). The summed E-state index contributed by atoms with van der Waals surface area (Å²) in [6.45, 7) is 8.27. The number of aryl methyl sites for hydroxylation is 2. The number of carboxylic acids is 1. The van der Waals surface area contributed by atoms with Gasteiger partial charge in [-0.2, -0.15) is 5.10 Å². The zero-order chi connectivity index (χ0) is 33.9. The maximum absolute atomic E-state index is 12.6. The van der Waals surface area contributed by atoms with Gasteiger partial charge in [-0.05, 0) is 60.0 Å². The van der Waals surface area contributed by atoms with Gasteiger partial charge < -0.3 is 29.2 Å². The van der Waals surface area contributed by atoms with Crippen LogP contribution in [0.15, 0.2) is 84.9 Å². The van der Waals surface area contributed by atoms with Crippen molar-refractivity contribution in [2.45, 2.75) is 39.2 Å². The van der Waals surface area contributed by atoms with E-state index in [0.717, 1.165) is 93.2 Å². The minimum Gasteiger partial charge on any atom is -0.493 e. The van der Waals surface area contributed by atoms with Gasteiger partial charge in [0, 0.05) is 53.4 Å². The predicted octanol–water partition coefficient (Wildman–Crippen LogP) is 7.97. The second-order valence-corrected chi connectivity index (χ2v) is 12.8. The van der Waals surface area contributed by atoms with Gasteiger partial charge in [0.15, 0.2) is 0 Å². The molecule has 0 amide bonds. The van der Waals surface area contributed by atoms with E-state index in [1.54, 1.807) is 0 Å². The number of anilines is 1. The van der Waals surface area contributed by atoms with Crippen molar-refractivity contribution >= 4 is 33.3 Å². The number of nitrogens with zero attached hydrogens (tertiary/aromatic N) is 3. The third-order valence-electron chi connectivity index (χ3n) is 9.30. The van der Waals surface area contributed by atoms with Crippen molar-refractivity contribution in [3.8, 4) is 22.6 Å². The van der Waals surface area contributed by atoms with Crippen LogP contribution >= 0.6 is 0 Å². The van der Waals surface area contributed by atoms with Gasteiger partial charge in [-0.15, -0.1) is 0 Å². The molecule has 0 spiro atoms. The molecule has 0 unspecified atom stereocenters. The summed E-state index contributed by atoms with van der Waals surface area (Å²) in [5.41, 5.74) is 6.67. The molecular formula is C40H42N4O5. The van der Waals surface area contributed by atoms with Gasteiger partial charge in [0.2, 0.25) is 0 Å². The quantitative estimate of drug-likeness (QED) is 0.129.